The predicted molar refractivity (Wildman–Crippen MR) is 95.9 cm³/mol. The van der Waals surface area contributed by atoms with Crippen molar-refractivity contribution in [2.24, 2.45) is 5.92 Å². The molecule has 134 valence electrons. The Hall–Kier alpha value is -1.75. The van der Waals surface area contributed by atoms with Crippen molar-refractivity contribution in [1.29, 1.82) is 0 Å². The highest BCUT2D eigenvalue weighted by Crippen LogP contribution is 2.29. The smallest absolute Gasteiger partial charge is 0.251 e. The maximum Gasteiger partial charge on any atom is 0.251 e. The van der Waals surface area contributed by atoms with Crippen molar-refractivity contribution >= 4 is 5.91 Å². The predicted octanol–water partition coefficient (Wildman–Crippen LogP) is 2.99. The number of hydrogen-bond acceptors (Lipinski definition) is 4. The van der Waals surface area contributed by atoms with Crippen LogP contribution in [0.1, 0.15) is 49.9 Å². The van der Waals surface area contributed by atoms with Crippen LogP contribution in [0.3, 0.4) is 0 Å². The maximum absolute atomic E-state index is 12.4. The molecular weight excluding hydrogens is 304 g/mol. The Morgan fingerprint density at radius 2 is 1.96 bits per heavy atom. The van der Waals surface area contributed by atoms with E-state index < -0.39 is 0 Å². The van der Waals surface area contributed by atoms with Crippen LogP contribution in [0.4, 0.5) is 0 Å². The Morgan fingerprint density at radius 3 is 2.62 bits per heavy atom. The first kappa shape index (κ1) is 18.6. The summed E-state index contributed by atoms with van der Waals surface area (Å²) in [6, 6.07) is 5.42. The first-order chi connectivity index (χ1) is 11.7. The molecule has 0 spiro atoms. The molecule has 0 bridgehead atoms. The number of piperidine rings is 1. The van der Waals surface area contributed by atoms with E-state index >= 15 is 0 Å². The average Bonchev–Trinajstić information content (AvgIpc) is 2.63. The highest BCUT2D eigenvalue weighted by molar-refractivity contribution is 5.94. The van der Waals surface area contributed by atoms with Crippen molar-refractivity contribution in [3.63, 3.8) is 0 Å². The number of amides is 1. The normalized spacial score (nSPS) is 17.3. The second kappa shape index (κ2) is 10.2. The molecule has 1 fully saturated rings. The van der Waals surface area contributed by atoms with Crippen molar-refractivity contribution in [3.8, 4) is 11.5 Å². The van der Waals surface area contributed by atoms with E-state index in [1.54, 1.807) is 12.1 Å². The van der Waals surface area contributed by atoms with Crippen molar-refractivity contribution in [2.75, 3.05) is 32.8 Å². The van der Waals surface area contributed by atoms with Crippen molar-refractivity contribution in [2.45, 2.75) is 39.5 Å². The summed E-state index contributed by atoms with van der Waals surface area (Å²) in [5.74, 6) is 1.82. The van der Waals surface area contributed by atoms with Gasteiger partial charge in [0.15, 0.2) is 11.5 Å². The van der Waals surface area contributed by atoms with Crippen molar-refractivity contribution in [1.82, 2.24) is 10.6 Å². The van der Waals surface area contributed by atoms with Crippen molar-refractivity contribution in [3.05, 3.63) is 23.8 Å². The van der Waals surface area contributed by atoms with E-state index in [9.17, 15) is 4.79 Å². The molecule has 5 heteroatoms. The molecule has 1 saturated heterocycles. The molecule has 0 radical (unpaired) electrons. The number of benzene rings is 1. The number of nitrogens with one attached hydrogen (secondary N) is 2. The van der Waals surface area contributed by atoms with Crippen LogP contribution in [-0.4, -0.2) is 38.8 Å². The molecule has 1 aromatic rings. The van der Waals surface area contributed by atoms with Gasteiger partial charge in [0.05, 0.1) is 13.2 Å². The molecule has 1 unspecified atom stereocenters. The van der Waals surface area contributed by atoms with Gasteiger partial charge in [-0.3, -0.25) is 4.79 Å². The highest BCUT2D eigenvalue weighted by Gasteiger charge is 2.16. The first-order valence-corrected chi connectivity index (χ1v) is 9.13. The Kier molecular flexibility index (Phi) is 7.89. The first-order valence-electron chi connectivity index (χ1n) is 9.13. The molecule has 0 aliphatic carbocycles. The summed E-state index contributed by atoms with van der Waals surface area (Å²) in [7, 11) is 0. The van der Waals surface area contributed by atoms with Crippen LogP contribution < -0.4 is 20.1 Å². The topological polar surface area (TPSA) is 59.6 Å². The van der Waals surface area contributed by atoms with Crippen LogP contribution in [0.5, 0.6) is 11.5 Å². The molecule has 1 aliphatic heterocycles. The van der Waals surface area contributed by atoms with Gasteiger partial charge >= 0.3 is 0 Å². The summed E-state index contributed by atoms with van der Waals surface area (Å²) < 4.78 is 11.5. The Labute approximate surface area is 145 Å². The third kappa shape index (κ3) is 5.71. The molecule has 1 aliphatic rings. The second-order valence-electron chi connectivity index (χ2n) is 6.28. The fourth-order valence-electron chi connectivity index (χ4n) is 2.74. The molecule has 1 aromatic carbocycles. The molecule has 1 heterocycles. The number of carbonyl (C=O) groups excluding carboxylic acids is 1. The highest BCUT2D eigenvalue weighted by atomic mass is 16.5. The molecule has 24 heavy (non-hydrogen) atoms. The average molecular weight is 334 g/mol. The van der Waals surface area contributed by atoms with Crippen molar-refractivity contribution < 1.29 is 14.3 Å². The number of hydrogen-bond donors (Lipinski definition) is 2. The van der Waals surface area contributed by atoms with E-state index in [1.807, 2.05) is 6.07 Å². The molecule has 0 saturated carbocycles. The lowest BCUT2D eigenvalue weighted by Crippen LogP contribution is -2.38. The van der Waals surface area contributed by atoms with E-state index in [0.29, 0.717) is 42.7 Å². The Morgan fingerprint density at radius 1 is 1.21 bits per heavy atom. The fraction of sp³-hybridized carbons (Fsp3) is 0.632. The molecule has 1 amide bonds. The van der Waals surface area contributed by atoms with E-state index in [2.05, 4.69) is 24.5 Å². The Balaban J connectivity index is 1.98. The van der Waals surface area contributed by atoms with Crippen LogP contribution in [0.25, 0.3) is 0 Å². The standard InChI is InChI=1S/C19H30N2O3/c1-3-10-23-17-8-7-16(12-18(17)24-11-4-2)19(22)21-14-15-6-5-9-20-13-15/h7-8,12,15,20H,3-6,9-11,13-14H2,1-2H3,(H,21,22). The quantitative estimate of drug-likeness (QED) is 0.729. The van der Waals surface area contributed by atoms with Crippen LogP contribution in [0, 0.1) is 5.92 Å². The minimum absolute atomic E-state index is 0.0519. The lowest BCUT2D eigenvalue weighted by molar-refractivity contribution is 0.0944. The third-order valence-corrected chi connectivity index (χ3v) is 4.08. The SMILES string of the molecule is CCCOc1ccc(C(=O)NCC2CCCNC2)cc1OCCC. The lowest BCUT2D eigenvalue weighted by Gasteiger charge is -2.23. The van der Waals surface area contributed by atoms with Crippen LogP contribution in [-0.2, 0) is 0 Å². The minimum atomic E-state index is -0.0519. The molecule has 2 rings (SSSR count). The summed E-state index contributed by atoms with van der Waals surface area (Å²) in [4.78, 5) is 12.4. The van der Waals surface area contributed by atoms with E-state index in [-0.39, 0.29) is 5.91 Å². The third-order valence-electron chi connectivity index (χ3n) is 4.08. The summed E-state index contributed by atoms with van der Waals surface area (Å²) in [5.41, 5.74) is 0.619. The van der Waals surface area contributed by atoms with Gasteiger partial charge in [-0.15, -0.1) is 0 Å². The van der Waals surface area contributed by atoms with Gasteiger partial charge in [-0.2, -0.15) is 0 Å². The molecule has 2 N–H and O–H groups in total. The molecule has 5 nitrogen and oxygen atoms in total. The van der Waals surface area contributed by atoms with Gasteiger partial charge in [0.1, 0.15) is 0 Å². The summed E-state index contributed by atoms with van der Waals surface area (Å²) in [5, 5.41) is 6.41. The molecule has 1 atom stereocenters. The second-order valence-corrected chi connectivity index (χ2v) is 6.28. The summed E-state index contributed by atoms with van der Waals surface area (Å²) in [6.45, 7) is 8.15. The monoisotopic (exact) mass is 334 g/mol. The van der Waals surface area contributed by atoms with Gasteiger partial charge in [0, 0.05) is 12.1 Å². The van der Waals surface area contributed by atoms with E-state index in [1.165, 1.54) is 12.8 Å². The fourth-order valence-corrected chi connectivity index (χ4v) is 2.74. The zero-order valence-electron chi connectivity index (χ0n) is 14.9. The van der Waals surface area contributed by atoms with Gasteiger partial charge < -0.3 is 20.1 Å². The zero-order valence-corrected chi connectivity index (χ0v) is 14.9. The van der Waals surface area contributed by atoms with Gasteiger partial charge in [-0.05, 0) is 62.9 Å². The van der Waals surface area contributed by atoms with Gasteiger partial charge in [-0.25, -0.2) is 0 Å². The van der Waals surface area contributed by atoms with Crippen LogP contribution in [0.15, 0.2) is 18.2 Å². The molecular formula is C19H30N2O3. The van der Waals surface area contributed by atoms with Gasteiger partial charge in [0.25, 0.3) is 5.91 Å². The number of ether oxygens (including phenoxy) is 2. The van der Waals surface area contributed by atoms with E-state index in [4.69, 9.17) is 9.47 Å². The minimum Gasteiger partial charge on any atom is -0.490 e. The van der Waals surface area contributed by atoms with E-state index in [0.717, 1.165) is 25.9 Å². The Bertz CT molecular complexity index is 513. The largest absolute Gasteiger partial charge is 0.490 e. The number of rotatable bonds is 9. The maximum atomic E-state index is 12.4. The summed E-state index contributed by atoms with van der Waals surface area (Å²) >= 11 is 0. The number of carbonyl (C=O) groups is 1. The van der Waals surface area contributed by atoms with Gasteiger partial charge in [0.2, 0.25) is 0 Å². The lowest BCUT2D eigenvalue weighted by atomic mass is 9.99. The van der Waals surface area contributed by atoms with Crippen LogP contribution in [0.2, 0.25) is 0 Å². The van der Waals surface area contributed by atoms with Crippen LogP contribution >= 0.6 is 0 Å². The summed E-state index contributed by atoms with van der Waals surface area (Å²) in [6.07, 6.45) is 4.20. The zero-order chi connectivity index (χ0) is 17.2. The van der Waals surface area contributed by atoms with Gasteiger partial charge in [-0.1, -0.05) is 13.8 Å². The molecule has 0 aromatic heterocycles.